The number of aliphatic hydroxyl groups is 2. The van der Waals surface area contributed by atoms with Crippen LogP contribution in [0.15, 0.2) is 12.7 Å². The lowest BCUT2D eigenvalue weighted by Crippen LogP contribution is -2.38. The van der Waals surface area contributed by atoms with E-state index in [-0.39, 0.29) is 12.4 Å². The highest BCUT2D eigenvalue weighted by atomic mass is 16.6. The molecule has 0 unspecified atom stereocenters. The van der Waals surface area contributed by atoms with E-state index < -0.39 is 37.6 Å². The molecule has 26 heavy (non-hydrogen) atoms. The third-order valence-corrected chi connectivity index (χ3v) is 3.65. The molecule has 0 fully saturated rings. The first-order valence-corrected chi connectivity index (χ1v) is 8.01. The zero-order chi connectivity index (χ0) is 19.3. The van der Waals surface area contributed by atoms with Crippen LogP contribution in [-0.4, -0.2) is 86.7 Å². The van der Waals surface area contributed by atoms with Crippen LogP contribution in [0.25, 0.3) is 11.2 Å². The van der Waals surface area contributed by atoms with E-state index in [1.807, 2.05) is 0 Å². The Kier molecular flexibility index (Phi) is 6.80. The van der Waals surface area contributed by atoms with Crippen molar-refractivity contribution in [2.45, 2.75) is 25.4 Å². The zero-order valence-electron chi connectivity index (χ0n) is 14.9. The van der Waals surface area contributed by atoms with Gasteiger partial charge < -0.3 is 25.4 Å². The average Bonchev–Trinajstić information content (AvgIpc) is 3.00. The maximum Gasteiger partial charge on any atom is 0.320 e. The predicted molar refractivity (Wildman–Crippen MR) is 91.9 cm³/mol. The van der Waals surface area contributed by atoms with Gasteiger partial charge in [0.15, 0.2) is 17.7 Å². The number of nitrogens with zero attached hydrogens (tertiary/aromatic N) is 5. The summed E-state index contributed by atoms with van der Waals surface area (Å²) in [5.41, 5.74) is 6.51. The lowest BCUT2D eigenvalue weighted by molar-refractivity contribution is -0.170. The Morgan fingerprint density at radius 2 is 2.04 bits per heavy atom. The summed E-state index contributed by atoms with van der Waals surface area (Å²) in [7, 11) is 3.48. The van der Waals surface area contributed by atoms with Crippen molar-refractivity contribution in [1.29, 1.82) is 0 Å². The lowest BCUT2D eigenvalue weighted by Gasteiger charge is -2.27. The number of nitrogens with two attached hydrogens (primary N) is 1. The van der Waals surface area contributed by atoms with Crippen molar-refractivity contribution in [3.8, 4) is 0 Å². The normalized spacial score (nSPS) is 15.2. The van der Waals surface area contributed by atoms with Crippen molar-refractivity contribution < 1.29 is 24.5 Å². The molecule has 0 radical (unpaired) electrons. The smallest absolute Gasteiger partial charge is 0.320 e. The fraction of sp³-hybridized carbons (Fsp3) is 0.600. The van der Waals surface area contributed by atoms with Crippen LogP contribution in [0.3, 0.4) is 0 Å². The van der Waals surface area contributed by atoms with E-state index in [1.165, 1.54) is 17.2 Å². The number of fused-ring (bicyclic) bond motifs is 1. The molecule has 2 heterocycles. The van der Waals surface area contributed by atoms with Gasteiger partial charge in [-0.2, -0.15) is 0 Å². The summed E-state index contributed by atoms with van der Waals surface area (Å²) in [5.74, 6) is -0.242. The van der Waals surface area contributed by atoms with Crippen molar-refractivity contribution in [2.75, 3.05) is 39.6 Å². The number of carbonyl (C=O) groups is 1. The van der Waals surface area contributed by atoms with E-state index in [0.29, 0.717) is 11.2 Å². The van der Waals surface area contributed by atoms with Crippen LogP contribution in [0.2, 0.25) is 0 Å². The number of ether oxygens (including phenoxy) is 2. The molecule has 4 N–H and O–H groups in total. The van der Waals surface area contributed by atoms with Gasteiger partial charge in [-0.3, -0.25) is 14.3 Å². The molecule has 0 spiro atoms. The number of anilines is 1. The fourth-order valence-corrected chi connectivity index (χ4v) is 2.36. The second-order valence-corrected chi connectivity index (χ2v) is 6.01. The molecule has 2 aromatic rings. The molecule has 0 aromatic carbocycles. The minimum Gasteiger partial charge on any atom is -0.459 e. The SMILES string of the molecule is C[C@@H](OC(=O)CN(C)C)[C@@H](CO)O[C@H](CO)n1cnc2c(N)ncnc21. The number of nitrogen functional groups attached to an aromatic ring is 1. The van der Waals surface area contributed by atoms with Crippen LogP contribution < -0.4 is 5.73 Å². The maximum absolute atomic E-state index is 11.8. The molecule has 2 aromatic heterocycles. The van der Waals surface area contributed by atoms with Crippen LogP contribution in [0.1, 0.15) is 13.2 Å². The monoisotopic (exact) mass is 368 g/mol. The summed E-state index contributed by atoms with van der Waals surface area (Å²) in [5, 5.41) is 19.3. The Hall–Kier alpha value is -2.34. The van der Waals surface area contributed by atoms with Crippen LogP contribution in [0.5, 0.6) is 0 Å². The topological polar surface area (TPSA) is 149 Å². The van der Waals surface area contributed by atoms with Crippen molar-refractivity contribution >= 4 is 23.0 Å². The molecule has 11 heteroatoms. The first-order valence-electron chi connectivity index (χ1n) is 8.01. The summed E-state index contributed by atoms with van der Waals surface area (Å²) < 4.78 is 12.5. The molecule has 0 aliphatic heterocycles. The Morgan fingerprint density at radius 3 is 2.65 bits per heavy atom. The Morgan fingerprint density at radius 1 is 1.31 bits per heavy atom. The molecule has 2 rings (SSSR count). The summed E-state index contributed by atoms with van der Waals surface area (Å²) in [6, 6.07) is 0. The number of rotatable bonds is 9. The van der Waals surface area contributed by atoms with Gasteiger partial charge in [-0.25, -0.2) is 15.0 Å². The number of hydrogen-bond acceptors (Lipinski definition) is 10. The quantitative estimate of drug-likeness (QED) is 0.459. The number of aliphatic hydroxyl groups excluding tert-OH is 2. The molecular formula is C15H24N6O5. The van der Waals surface area contributed by atoms with Gasteiger partial charge in [0.05, 0.1) is 26.1 Å². The number of hydrogen-bond donors (Lipinski definition) is 3. The first kappa shape index (κ1) is 20.0. The lowest BCUT2D eigenvalue weighted by atomic mass is 10.2. The van der Waals surface area contributed by atoms with Gasteiger partial charge in [-0.1, -0.05) is 0 Å². The van der Waals surface area contributed by atoms with Crippen LogP contribution in [0, 0.1) is 0 Å². The Balaban J connectivity index is 2.13. The molecule has 0 aliphatic rings. The van der Waals surface area contributed by atoms with Gasteiger partial charge in [0.2, 0.25) is 0 Å². The van der Waals surface area contributed by atoms with E-state index in [2.05, 4.69) is 15.0 Å². The molecule has 144 valence electrons. The molecular weight excluding hydrogens is 344 g/mol. The van der Waals surface area contributed by atoms with Crippen molar-refractivity contribution in [3.05, 3.63) is 12.7 Å². The predicted octanol–water partition coefficient (Wildman–Crippen LogP) is -1.23. The molecule has 0 bridgehead atoms. The number of imidazole rings is 1. The Bertz CT molecular complexity index is 736. The molecule has 3 atom stereocenters. The van der Waals surface area contributed by atoms with Crippen LogP contribution in [0.4, 0.5) is 5.82 Å². The van der Waals surface area contributed by atoms with Crippen molar-refractivity contribution in [2.24, 2.45) is 0 Å². The average molecular weight is 368 g/mol. The summed E-state index contributed by atoms with van der Waals surface area (Å²) >= 11 is 0. The molecule has 0 amide bonds. The van der Waals surface area contributed by atoms with E-state index in [9.17, 15) is 15.0 Å². The van der Waals surface area contributed by atoms with Gasteiger partial charge in [-0.15, -0.1) is 0 Å². The highest BCUT2D eigenvalue weighted by Crippen LogP contribution is 2.21. The number of aromatic nitrogens is 4. The van der Waals surface area contributed by atoms with Crippen LogP contribution in [-0.2, 0) is 14.3 Å². The second kappa shape index (κ2) is 8.85. The van der Waals surface area contributed by atoms with Gasteiger partial charge in [-0.05, 0) is 21.0 Å². The highest BCUT2D eigenvalue weighted by molar-refractivity contribution is 5.81. The standard InChI is InChI=1S/C15H24N6O5/c1-9(25-12(24)4-20(2)3)10(5-22)26-11(6-23)21-8-19-13-14(16)17-7-18-15(13)21/h7-11,22-23H,4-6H2,1-3H3,(H2,16,17,18)/t9-,10-,11-/m1/s1. The Labute approximate surface area is 150 Å². The fourth-order valence-electron chi connectivity index (χ4n) is 2.36. The maximum atomic E-state index is 11.8. The first-order chi connectivity index (χ1) is 12.4. The van der Waals surface area contributed by atoms with E-state index >= 15 is 0 Å². The second-order valence-electron chi connectivity index (χ2n) is 6.01. The molecule has 0 saturated heterocycles. The minimum atomic E-state index is -0.901. The van der Waals surface area contributed by atoms with Gasteiger partial charge in [0, 0.05) is 0 Å². The summed E-state index contributed by atoms with van der Waals surface area (Å²) in [6.07, 6.45) is 0.208. The molecule has 11 nitrogen and oxygen atoms in total. The highest BCUT2D eigenvalue weighted by Gasteiger charge is 2.26. The molecule has 0 aliphatic carbocycles. The van der Waals surface area contributed by atoms with Crippen molar-refractivity contribution in [3.63, 3.8) is 0 Å². The number of carbonyl (C=O) groups excluding carboxylic acids is 1. The third kappa shape index (κ3) is 4.64. The van der Waals surface area contributed by atoms with E-state index in [0.717, 1.165) is 0 Å². The summed E-state index contributed by atoms with van der Waals surface area (Å²) in [6.45, 7) is 0.893. The van der Waals surface area contributed by atoms with Gasteiger partial charge in [0.25, 0.3) is 0 Å². The zero-order valence-corrected chi connectivity index (χ0v) is 14.9. The summed E-state index contributed by atoms with van der Waals surface area (Å²) in [4.78, 5) is 25.5. The number of esters is 1. The number of likely N-dealkylation sites (N-methyl/N-ethyl adjacent to an activating group) is 1. The van der Waals surface area contributed by atoms with Gasteiger partial charge >= 0.3 is 5.97 Å². The van der Waals surface area contributed by atoms with Crippen molar-refractivity contribution in [1.82, 2.24) is 24.4 Å². The molecule has 0 saturated carbocycles. The van der Waals surface area contributed by atoms with Gasteiger partial charge in [0.1, 0.15) is 24.1 Å². The van der Waals surface area contributed by atoms with E-state index in [1.54, 1.807) is 25.9 Å². The largest absolute Gasteiger partial charge is 0.459 e. The van der Waals surface area contributed by atoms with E-state index in [4.69, 9.17) is 15.2 Å². The third-order valence-electron chi connectivity index (χ3n) is 3.65. The van der Waals surface area contributed by atoms with Crippen LogP contribution >= 0.6 is 0 Å². The minimum absolute atomic E-state index is 0.105.